The minimum atomic E-state index is -0.731. The Hall–Kier alpha value is -1.62. The van der Waals surface area contributed by atoms with Gasteiger partial charge >= 0.3 is 0 Å². The third-order valence-corrected chi connectivity index (χ3v) is 4.04. The van der Waals surface area contributed by atoms with E-state index in [-0.39, 0.29) is 18.3 Å². The molecule has 1 aromatic carbocycles. The summed E-state index contributed by atoms with van der Waals surface area (Å²) in [5, 5.41) is 0. The first-order valence-corrected chi connectivity index (χ1v) is 7.45. The van der Waals surface area contributed by atoms with Gasteiger partial charge < -0.3 is 15.4 Å². The molecule has 0 unspecified atom stereocenters. The summed E-state index contributed by atoms with van der Waals surface area (Å²) in [6, 6.07) is 6.24. The van der Waals surface area contributed by atoms with Crippen molar-refractivity contribution in [3.63, 3.8) is 0 Å². The number of halogens is 1. The summed E-state index contributed by atoms with van der Waals surface area (Å²) in [5.41, 5.74) is 5.49. The Labute approximate surface area is 125 Å². The van der Waals surface area contributed by atoms with E-state index in [9.17, 15) is 9.18 Å². The Kier molecular flexibility index (Phi) is 5.17. The molecular weight excluding hydrogens is 271 g/mol. The van der Waals surface area contributed by atoms with E-state index in [1.54, 1.807) is 30.1 Å². The second-order valence-electron chi connectivity index (χ2n) is 5.72. The van der Waals surface area contributed by atoms with Crippen molar-refractivity contribution in [2.45, 2.75) is 37.6 Å². The Morgan fingerprint density at radius 1 is 1.33 bits per heavy atom. The summed E-state index contributed by atoms with van der Waals surface area (Å²) in [5.74, 6) is -0.230. The lowest BCUT2D eigenvalue weighted by molar-refractivity contribution is -0.137. The van der Waals surface area contributed by atoms with Crippen molar-refractivity contribution < 1.29 is 13.9 Å². The molecule has 1 saturated carbocycles. The third kappa shape index (κ3) is 3.94. The molecule has 1 fully saturated rings. The van der Waals surface area contributed by atoms with Crippen LogP contribution in [0.5, 0.6) is 5.75 Å². The van der Waals surface area contributed by atoms with Crippen LogP contribution in [0.3, 0.4) is 0 Å². The monoisotopic (exact) mass is 294 g/mol. The van der Waals surface area contributed by atoms with Crippen molar-refractivity contribution >= 4 is 5.91 Å². The molecule has 0 bridgehead atoms. The second kappa shape index (κ2) is 6.89. The summed E-state index contributed by atoms with van der Waals surface area (Å²) in [6.07, 6.45) is 4.63. The largest absolute Gasteiger partial charge is 0.489 e. The number of carbonyl (C=O) groups excluding carboxylic acids is 1. The van der Waals surface area contributed by atoms with Crippen LogP contribution in [0.2, 0.25) is 0 Å². The molecule has 1 aliphatic carbocycles. The molecule has 4 nitrogen and oxygen atoms in total. The highest BCUT2D eigenvalue weighted by Gasteiger charge is 2.37. The lowest BCUT2D eigenvalue weighted by Gasteiger charge is -2.35. The average Bonchev–Trinajstić information content (AvgIpc) is 2.49. The number of nitrogens with two attached hydrogens (primary N) is 1. The van der Waals surface area contributed by atoms with Crippen LogP contribution in [0.25, 0.3) is 0 Å². The number of likely N-dealkylation sites (N-methyl/N-ethyl adjacent to an activating group) is 1. The van der Waals surface area contributed by atoms with E-state index >= 15 is 0 Å². The number of hydrogen-bond donors (Lipinski definition) is 1. The van der Waals surface area contributed by atoms with Crippen molar-refractivity contribution in [1.82, 2.24) is 4.90 Å². The van der Waals surface area contributed by atoms with Gasteiger partial charge in [0.05, 0.1) is 12.1 Å². The summed E-state index contributed by atoms with van der Waals surface area (Å²) >= 11 is 0. The Morgan fingerprint density at radius 2 is 2.00 bits per heavy atom. The minimum Gasteiger partial charge on any atom is -0.489 e. The smallest absolute Gasteiger partial charge is 0.242 e. The Balaban J connectivity index is 1.83. The van der Waals surface area contributed by atoms with E-state index in [1.165, 1.54) is 6.07 Å². The molecule has 0 aliphatic heterocycles. The van der Waals surface area contributed by atoms with Crippen molar-refractivity contribution in [3.05, 3.63) is 30.1 Å². The predicted octanol–water partition coefficient (Wildman–Crippen LogP) is 2.32. The summed E-state index contributed by atoms with van der Waals surface area (Å²) in [4.78, 5) is 14.0. The van der Waals surface area contributed by atoms with Crippen LogP contribution in [-0.2, 0) is 4.79 Å². The van der Waals surface area contributed by atoms with Crippen molar-refractivity contribution in [3.8, 4) is 5.75 Å². The van der Waals surface area contributed by atoms with Crippen LogP contribution in [0.1, 0.15) is 32.1 Å². The number of nitrogens with zero attached hydrogens (tertiary/aromatic N) is 1. The maximum atomic E-state index is 13.4. The highest BCUT2D eigenvalue weighted by atomic mass is 19.1. The van der Waals surface area contributed by atoms with Crippen molar-refractivity contribution in [2.24, 2.45) is 5.73 Å². The third-order valence-electron chi connectivity index (χ3n) is 4.04. The highest BCUT2D eigenvalue weighted by molar-refractivity contribution is 5.86. The van der Waals surface area contributed by atoms with Gasteiger partial charge in [0, 0.05) is 7.05 Å². The van der Waals surface area contributed by atoms with E-state index in [4.69, 9.17) is 10.5 Å². The number of para-hydroxylation sites is 1. The molecule has 21 heavy (non-hydrogen) atoms. The maximum Gasteiger partial charge on any atom is 0.242 e. The molecule has 5 heteroatoms. The number of hydrogen-bond acceptors (Lipinski definition) is 3. The zero-order chi connectivity index (χ0) is 15.3. The maximum absolute atomic E-state index is 13.4. The quantitative estimate of drug-likeness (QED) is 0.906. The number of ether oxygens (including phenoxy) is 1. The highest BCUT2D eigenvalue weighted by Crippen LogP contribution is 2.27. The Bertz CT molecular complexity index is 487. The molecule has 1 aromatic rings. The van der Waals surface area contributed by atoms with Gasteiger partial charge in [-0.05, 0) is 25.0 Å². The lowest BCUT2D eigenvalue weighted by atomic mass is 9.81. The fourth-order valence-electron chi connectivity index (χ4n) is 2.73. The summed E-state index contributed by atoms with van der Waals surface area (Å²) in [7, 11) is 1.72. The van der Waals surface area contributed by atoms with Crippen molar-refractivity contribution in [1.29, 1.82) is 0 Å². The predicted molar refractivity (Wildman–Crippen MR) is 79.5 cm³/mol. The van der Waals surface area contributed by atoms with Crippen LogP contribution in [-0.4, -0.2) is 36.5 Å². The topological polar surface area (TPSA) is 55.6 Å². The fourth-order valence-corrected chi connectivity index (χ4v) is 2.73. The van der Waals surface area contributed by atoms with Crippen LogP contribution < -0.4 is 10.5 Å². The molecule has 0 saturated heterocycles. The normalized spacial score (nSPS) is 17.3. The SMILES string of the molecule is CN(CCOc1ccccc1F)C(=O)C1(N)CCCCC1. The van der Waals surface area contributed by atoms with Crippen LogP contribution in [0.4, 0.5) is 4.39 Å². The van der Waals surface area contributed by atoms with E-state index in [1.807, 2.05) is 0 Å². The van der Waals surface area contributed by atoms with Gasteiger partial charge in [0.15, 0.2) is 11.6 Å². The number of benzene rings is 1. The zero-order valence-corrected chi connectivity index (χ0v) is 12.5. The standard InChI is InChI=1S/C16H23FN2O2/c1-19(15(20)16(18)9-5-2-6-10-16)11-12-21-14-8-4-3-7-13(14)17/h3-4,7-8H,2,5-6,9-12,18H2,1H3. The van der Waals surface area contributed by atoms with Gasteiger partial charge in [0.2, 0.25) is 5.91 Å². The van der Waals surface area contributed by atoms with Gasteiger partial charge in [-0.15, -0.1) is 0 Å². The fraction of sp³-hybridized carbons (Fsp3) is 0.562. The molecule has 2 rings (SSSR count). The average molecular weight is 294 g/mol. The van der Waals surface area contributed by atoms with E-state index in [2.05, 4.69) is 0 Å². The van der Waals surface area contributed by atoms with Gasteiger partial charge in [-0.25, -0.2) is 4.39 Å². The lowest BCUT2D eigenvalue weighted by Crippen LogP contribution is -2.55. The first-order chi connectivity index (χ1) is 10.0. The van der Waals surface area contributed by atoms with Crippen LogP contribution in [0, 0.1) is 5.82 Å². The van der Waals surface area contributed by atoms with Gasteiger partial charge in [0.1, 0.15) is 6.61 Å². The molecule has 0 heterocycles. The molecule has 1 aliphatic rings. The molecule has 2 N–H and O–H groups in total. The Morgan fingerprint density at radius 3 is 2.67 bits per heavy atom. The molecule has 0 atom stereocenters. The molecule has 0 aromatic heterocycles. The van der Waals surface area contributed by atoms with E-state index in [0.29, 0.717) is 6.54 Å². The summed E-state index contributed by atoms with van der Waals surface area (Å²) in [6.45, 7) is 0.644. The molecule has 116 valence electrons. The van der Waals surface area contributed by atoms with Gasteiger partial charge in [0.25, 0.3) is 0 Å². The number of rotatable bonds is 5. The van der Waals surface area contributed by atoms with Crippen LogP contribution in [0.15, 0.2) is 24.3 Å². The first-order valence-electron chi connectivity index (χ1n) is 7.45. The van der Waals surface area contributed by atoms with E-state index in [0.717, 1.165) is 32.1 Å². The minimum absolute atomic E-state index is 0.0423. The molecular formula is C16H23FN2O2. The van der Waals surface area contributed by atoms with Gasteiger partial charge in [-0.3, -0.25) is 4.79 Å². The zero-order valence-electron chi connectivity index (χ0n) is 12.5. The summed E-state index contributed by atoms with van der Waals surface area (Å²) < 4.78 is 18.8. The van der Waals surface area contributed by atoms with Gasteiger partial charge in [-0.1, -0.05) is 31.4 Å². The van der Waals surface area contributed by atoms with Gasteiger partial charge in [-0.2, -0.15) is 0 Å². The molecule has 1 amide bonds. The van der Waals surface area contributed by atoms with E-state index < -0.39 is 11.4 Å². The van der Waals surface area contributed by atoms with Crippen molar-refractivity contribution in [2.75, 3.05) is 20.2 Å². The second-order valence-corrected chi connectivity index (χ2v) is 5.72. The molecule has 0 spiro atoms. The number of amides is 1. The molecule has 0 radical (unpaired) electrons. The first kappa shape index (κ1) is 15.8. The van der Waals surface area contributed by atoms with Crippen LogP contribution >= 0.6 is 0 Å². The number of carbonyl (C=O) groups is 1.